The molecule has 0 fully saturated rings. The first kappa shape index (κ1) is 24.5. The van der Waals surface area contributed by atoms with Gasteiger partial charge in [0, 0.05) is 4.87 Å². The van der Waals surface area contributed by atoms with Gasteiger partial charge >= 0.3 is 0 Å². The van der Waals surface area contributed by atoms with E-state index in [9.17, 15) is 0 Å². The SMILES string of the molecule is CCCCCCCCCCCCCCCC(Cl)(CC)CCc1ccccc1. The summed E-state index contributed by atoms with van der Waals surface area (Å²) in [5, 5.41) is 0. The van der Waals surface area contributed by atoms with Crippen molar-refractivity contribution in [2.75, 3.05) is 0 Å². The molecule has 1 heteroatoms. The Morgan fingerprint density at radius 3 is 1.59 bits per heavy atom. The summed E-state index contributed by atoms with van der Waals surface area (Å²) in [6.07, 6.45) is 22.9. The van der Waals surface area contributed by atoms with Crippen LogP contribution >= 0.6 is 11.6 Å². The fraction of sp³-hybridized carbons (Fsp3) is 0.769. The van der Waals surface area contributed by atoms with E-state index in [4.69, 9.17) is 11.6 Å². The predicted octanol–water partition coefficient (Wildman–Crippen LogP) is 9.49. The van der Waals surface area contributed by atoms with Crippen molar-refractivity contribution in [1.82, 2.24) is 0 Å². The fourth-order valence-corrected chi connectivity index (χ4v) is 4.18. The first-order valence-corrected chi connectivity index (χ1v) is 12.3. The van der Waals surface area contributed by atoms with Crippen LogP contribution in [0.2, 0.25) is 0 Å². The zero-order chi connectivity index (χ0) is 19.6. The second-order valence-corrected chi connectivity index (χ2v) is 9.28. The lowest BCUT2D eigenvalue weighted by Gasteiger charge is -2.25. The highest BCUT2D eigenvalue weighted by atomic mass is 35.5. The molecule has 0 aromatic heterocycles. The van der Waals surface area contributed by atoms with Crippen molar-refractivity contribution in [1.29, 1.82) is 0 Å². The molecule has 1 aromatic rings. The van der Waals surface area contributed by atoms with E-state index in [1.807, 2.05) is 0 Å². The summed E-state index contributed by atoms with van der Waals surface area (Å²) >= 11 is 6.92. The lowest BCUT2D eigenvalue weighted by Crippen LogP contribution is -2.21. The van der Waals surface area contributed by atoms with Crippen LogP contribution in [-0.2, 0) is 6.42 Å². The average Bonchev–Trinajstić information content (AvgIpc) is 2.71. The van der Waals surface area contributed by atoms with E-state index >= 15 is 0 Å². The van der Waals surface area contributed by atoms with Gasteiger partial charge in [-0.25, -0.2) is 0 Å². The Morgan fingerprint density at radius 1 is 0.630 bits per heavy atom. The van der Waals surface area contributed by atoms with Gasteiger partial charge in [-0.1, -0.05) is 128 Å². The highest BCUT2D eigenvalue weighted by Crippen LogP contribution is 2.32. The molecule has 0 spiro atoms. The van der Waals surface area contributed by atoms with Crippen molar-refractivity contribution in [3.8, 4) is 0 Å². The Hall–Kier alpha value is -0.490. The normalized spacial score (nSPS) is 13.6. The fourth-order valence-electron chi connectivity index (χ4n) is 3.95. The molecule has 0 amide bonds. The van der Waals surface area contributed by atoms with Crippen LogP contribution in [0.25, 0.3) is 0 Å². The molecule has 0 aliphatic carbocycles. The number of rotatable bonds is 18. The summed E-state index contributed by atoms with van der Waals surface area (Å²) in [5.74, 6) is 0. The monoisotopic (exact) mass is 392 g/mol. The number of hydrogen-bond acceptors (Lipinski definition) is 0. The molecule has 0 bridgehead atoms. The van der Waals surface area contributed by atoms with Gasteiger partial charge in [-0.2, -0.15) is 0 Å². The Labute approximate surface area is 175 Å². The van der Waals surface area contributed by atoms with E-state index in [0.717, 1.165) is 19.3 Å². The molecule has 27 heavy (non-hydrogen) atoms. The molecule has 1 atom stereocenters. The molecular formula is C26H45Cl. The van der Waals surface area contributed by atoms with Gasteiger partial charge in [0.1, 0.15) is 0 Å². The minimum Gasteiger partial charge on any atom is -0.119 e. The Bertz CT molecular complexity index is 427. The van der Waals surface area contributed by atoms with Gasteiger partial charge < -0.3 is 0 Å². The summed E-state index contributed by atoms with van der Waals surface area (Å²) in [7, 11) is 0. The molecule has 1 aromatic carbocycles. The molecule has 1 unspecified atom stereocenters. The van der Waals surface area contributed by atoms with Crippen LogP contribution in [0.15, 0.2) is 30.3 Å². The molecule has 0 radical (unpaired) electrons. The summed E-state index contributed by atoms with van der Waals surface area (Å²) in [6.45, 7) is 4.54. The Balaban J connectivity index is 1.96. The van der Waals surface area contributed by atoms with Crippen molar-refractivity contribution >= 4 is 11.6 Å². The molecule has 0 saturated heterocycles. The van der Waals surface area contributed by atoms with Gasteiger partial charge in [0.15, 0.2) is 0 Å². The third-order valence-electron chi connectivity index (χ3n) is 6.07. The minimum atomic E-state index is 0.00756. The second kappa shape index (κ2) is 16.5. The Kier molecular flexibility index (Phi) is 15.0. The number of halogens is 1. The summed E-state index contributed by atoms with van der Waals surface area (Å²) in [6, 6.07) is 10.8. The van der Waals surface area contributed by atoms with E-state index in [2.05, 4.69) is 44.2 Å². The van der Waals surface area contributed by atoms with E-state index in [-0.39, 0.29) is 4.87 Å². The number of aryl methyl sites for hydroxylation is 1. The lowest BCUT2D eigenvalue weighted by atomic mass is 9.90. The predicted molar refractivity (Wildman–Crippen MR) is 124 cm³/mol. The van der Waals surface area contributed by atoms with Crippen LogP contribution in [0.5, 0.6) is 0 Å². The van der Waals surface area contributed by atoms with Crippen LogP contribution < -0.4 is 0 Å². The van der Waals surface area contributed by atoms with Gasteiger partial charge in [0.25, 0.3) is 0 Å². The third kappa shape index (κ3) is 13.3. The van der Waals surface area contributed by atoms with Gasteiger partial charge in [-0.15, -0.1) is 11.6 Å². The second-order valence-electron chi connectivity index (χ2n) is 8.48. The smallest absolute Gasteiger partial charge is 0.0447 e. The average molecular weight is 393 g/mol. The highest BCUT2D eigenvalue weighted by molar-refractivity contribution is 6.23. The first-order chi connectivity index (χ1) is 13.2. The van der Waals surface area contributed by atoms with Crippen molar-refractivity contribution in [3.63, 3.8) is 0 Å². The van der Waals surface area contributed by atoms with Crippen molar-refractivity contribution < 1.29 is 0 Å². The van der Waals surface area contributed by atoms with Gasteiger partial charge in [0.05, 0.1) is 0 Å². The number of unbranched alkanes of at least 4 members (excludes halogenated alkanes) is 12. The zero-order valence-electron chi connectivity index (χ0n) is 18.3. The third-order valence-corrected chi connectivity index (χ3v) is 6.71. The van der Waals surface area contributed by atoms with E-state index < -0.39 is 0 Å². The van der Waals surface area contributed by atoms with E-state index in [1.54, 1.807) is 0 Å². The van der Waals surface area contributed by atoms with Crippen LogP contribution in [0.1, 0.15) is 122 Å². The zero-order valence-corrected chi connectivity index (χ0v) is 19.0. The van der Waals surface area contributed by atoms with Crippen molar-refractivity contribution in [2.45, 2.75) is 128 Å². The standard InChI is InChI=1S/C26H45Cl/c1-3-5-6-7-8-9-10-11-12-13-14-15-19-23-26(27,4-2)24-22-25-20-17-16-18-21-25/h16-18,20-21H,3-15,19,22-24H2,1-2H3. The molecule has 0 nitrogen and oxygen atoms in total. The maximum Gasteiger partial charge on any atom is 0.0447 e. The molecule has 0 saturated carbocycles. The van der Waals surface area contributed by atoms with Gasteiger partial charge in [0.2, 0.25) is 0 Å². The highest BCUT2D eigenvalue weighted by Gasteiger charge is 2.23. The van der Waals surface area contributed by atoms with E-state index in [1.165, 1.54) is 95.5 Å². The van der Waals surface area contributed by atoms with Crippen LogP contribution in [0, 0.1) is 0 Å². The minimum absolute atomic E-state index is 0.00756. The lowest BCUT2D eigenvalue weighted by molar-refractivity contribution is 0.444. The van der Waals surface area contributed by atoms with Crippen molar-refractivity contribution in [2.24, 2.45) is 0 Å². The number of alkyl halides is 1. The van der Waals surface area contributed by atoms with Crippen LogP contribution in [0.4, 0.5) is 0 Å². The quantitative estimate of drug-likeness (QED) is 0.172. The number of hydrogen-bond donors (Lipinski definition) is 0. The topological polar surface area (TPSA) is 0 Å². The molecule has 0 aliphatic heterocycles. The molecule has 0 N–H and O–H groups in total. The first-order valence-electron chi connectivity index (χ1n) is 11.9. The van der Waals surface area contributed by atoms with Crippen molar-refractivity contribution in [3.05, 3.63) is 35.9 Å². The molecule has 156 valence electrons. The molecule has 0 aliphatic rings. The maximum atomic E-state index is 6.92. The van der Waals surface area contributed by atoms with E-state index in [0.29, 0.717) is 0 Å². The largest absolute Gasteiger partial charge is 0.119 e. The molecule has 0 heterocycles. The number of benzene rings is 1. The van der Waals surface area contributed by atoms with Crippen LogP contribution in [0.3, 0.4) is 0 Å². The van der Waals surface area contributed by atoms with Gasteiger partial charge in [-0.05, 0) is 31.2 Å². The van der Waals surface area contributed by atoms with Crippen LogP contribution in [-0.4, -0.2) is 4.87 Å². The van der Waals surface area contributed by atoms with Gasteiger partial charge in [-0.3, -0.25) is 0 Å². The molecular weight excluding hydrogens is 348 g/mol. The summed E-state index contributed by atoms with van der Waals surface area (Å²) in [5.41, 5.74) is 1.42. The summed E-state index contributed by atoms with van der Waals surface area (Å²) in [4.78, 5) is 0.00756. The maximum absolute atomic E-state index is 6.92. The Morgan fingerprint density at radius 2 is 1.11 bits per heavy atom. The molecule has 1 rings (SSSR count). The summed E-state index contributed by atoms with van der Waals surface area (Å²) < 4.78 is 0.